The van der Waals surface area contributed by atoms with Gasteiger partial charge in [0.1, 0.15) is 11.9 Å². The van der Waals surface area contributed by atoms with Crippen LogP contribution in [0.5, 0.6) is 0 Å². The number of carbonyl (C=O) groups is 2. The van der Waals surface area contributed by atoms with Gasteiger partial charge in [-0.1, -0.05) is 6.07 Å². The number of nitrogens with zero attached hydrogens (tertiary/aromatic N) is 4. The van der Waals surface area contributed by atoms with E-state index in [1.807, 2.05) is 30.6 Å². The minimum Gasteiger partial charge on any atom is -0.453 e. The van der Waals surface area contributed by atoms with Crippen LogP contribution in [0.4, 0.5) is 4.79 Å². The van der Waals surface area contributed by atoms with Crippen LogP contribution in [0.2, 0.25) is 0 Å². The molecule has 3 rings (SSSR count). The van der Waals surface area contributed by atoms with Crippen LogP contribution in [0.1, 0.15) is 37.2 Å². The zero-order valence-corrected chi connectivity index (χ0v) is 15.7. The largest absolute Gasteiger partial charge is 0.453 e. The van der Waals surface area contributed by atoms with E-state index in [2.05, 4.69) is 24.6 Å². The Kier molecular flexibility index (Phi) is 6.05. The molecule has 2 amide bonds. The van der Waals surface area contributed by atoms with Crippen molar-refractivity contribution in [2.45, 2.75) is 38.3 Å². The molecule has 1 atom stereocenters. The first-order valence-electron chi connectivity index (χ1n) is 9.12. The van der Waals surface area contributed by atoms with Gasteiger partial charge in [0.2, 0.25) is 5.91 Å². The fourth-order valence-electron chi connectivity index (χ4n) is 3.41. The topological polar surface area (TPSA) is 89.4 Å². The molecule has 3 heterocycles. The number of hydrogen-bond donors (Lipinski definition) is 1. The molecule has 2 aromatic heterocycles. The summed E-state index contributed by atoms with van der Waals surface area (Å²) in [6.07, 6.45) is 6.68. The number of piperidine rings is 1. The molecule has 0 bridgehead atoms. The average Bonchev–Trinajstić information content (AvgIpc) is 3.16. The number of alkyl carbamates (subject to hydrolysis) is 1. The van der Waals surface area contributed by atoms with E-state index in [9.17, 15) is 9.59 Å². The van der Waals surface area contributed by atoms with Gasteiger partial charge in [-0.2, -0.15) is 0 Å². The van der Waals surface area contributed by atoms with Gasteiger partial charge in [-0.05, 0) is 31.9 Å². The van der Waals surface area contributed by atoms with E-state index in [1.54, 1.807) is 18.0 Å². The van der Waals surface area contributed by atoms with Crippen LogP contribution < -0.4 is 5.32 Å². The van der Waals surface area contributed by atoms with E-state index in [4.69, 9.17) is 0 Å². The average molecular weight is 371 g/mol. The number of likely N-dealkylation sites (tertiary alicyclic amines) is 1. The lowest BCUT2D eigenvalue weighted by Gasteiger charge is -2.33. The Balaban J connectivity index is 1.58. The summed E-state index contributed by atoms with van der Waals surface area (Å²) < 4.78 is 6.68. The summed E-state index contributed by atoms with van der Waals surface area (Å²) in [5.41, 5.74) is 0.993. The number of amides is 2. The second-order valence-electron chi connectivity index (χ2n) is 6.69. The fourth-order valence-corrected chi connectivity index (χ4v) is 3.41. The molecule has 1 fully saturated rings. The van der Waals surface area contributed by atoms with Crippen LogP contribution in [0.3, 0.4) is 0 Å². The smallest absolute Gasteiger partial charge is 0.407 e. The summed E-state index contributed by atoms with van der Waals surface area (Å²) in [7, 11) is 1.28. The number of pyridine rings is 1. The lowest BCUT2D eigenvalue weighted by Crippen LogP contribution is -2.49. The SMILES string of the molecule is COC(=O)N[C@H](C)C(=O)N1CCC(c2nccn2Cc2ccccn2)CC1. The van der Waals surface area contributed by atoms with Crippen molar-refractivity contribution >= 4 is 12.0 Å². The molecule has 2 aromatic rings. The Bertz CT molecular complexity index is 769. The zero-order chi connectivity index (χ0) is 19.2. The van der Waals surface area contributed by atoms with Crippen molar-refractivity contribution in [1.82, 2.24) is 24.8 Å². The molecule has 0 spiro atoms. The normalized spacial score (nSPS) is 16.0. The predicted octanol–water partition coefficient (Wildman–Crippen LogP) is 1.78. The standard InChI is InChI=1S/C19H25N5O3/c1-14(22-19(26)27-2)18(25)23-10-6-15(7-11-23)17-21-9-12-24(17)13-16-5-3-4-8-20-16/h3-5,8-9,12,14-15H,6-7,10-11,13H2,1-2H3,(H,22,26)/t14-/m1/s1. The number of carbonyl (C=O) groups excluding carboxylic acids is 2. The van der Waals surface area contributed by atoms with Crippen LogP contribution in [0.15, 0.2) is 36.8 Å². The van der Waals surface area contributed by atoms with Gasteiger partial charge in [0.15, 0.2) is 0 Å². The monoisotopic (exact) mass is 371 g/mol. The Hall–Kier alpha value is -2.90. The Morgan fingerprint density at radius 3 is 2.70 bits per heavy atom. The van der Waals surface area contributed by atoms with Crippen molar-refractivity contribution in [1.29, 1.82) is 0 Å². The number of rotatable bonds is 5. The number of methoxy groups -OCH3 is 1. The van der Waals surface area contributed by atoms with E-state index in [0.717, 1.165) is 24.4 Å². The first-order chi connectivity index (χ1) is 13.1. The summed E-state index contributed by atoms with van der Waals surface area (Å²) in [5, 5.41) is 2.53. The summed E-state index contributed by atoms with van der Waals surface area (Å²) >= 11 is 0. The highest BCUT2D eigenvalue weighted by atomic mass is 16.5. The fraction of sp³-hybridized carbons (Fsp3) is 0.474. The van der Waals surface area contributed by atoms with Gasteiger partial charge in [-0.3, -0.25) is 9.78 Å². The third-order valence-electron chi connectivity index (χ3n) is 4.87. The summed E-state index contributed by atoms with van der Waals surface area (Å²) in [6.45, 7) is 3.65. The van der Waals surface area contributed by atoms with Crippen molar-refractivity contribution in [3.05, 3.63) is 48.3 Å². The second kappa shape index (κ2) is 8.66. The maximum Gasteiger partial charge on any atom is 0.407 e. The van der Waals surface area contributed by atoms with Crippen LogP contribution in [0.25, 0.3) is 0 Å². The summed E-state index contributed by atoms with van der Waals surface area (Å²) in [5.74, 6) is 1.25. The van der Waals surface area contributed by atoms with E-state index < -0.39 is 12.1 Å². The number of aromatic nitrogens is 3. The van der Waals surface area contributed by atoms with Crippen LogP contribution >= 0.6 is 0 Å². The van der Waals surface area contributed by atoms with Crippen LogP contribution in [0, 0.1) is 0 Å². The molecule has 0 aliphatic carbocycles. The third kappa shape index (κ3) is 4.64. The molecule has 144 valence electrons. The highest BCUT2D eigenvalue weighted by Crippen LogP contribution is 2.27. The van der Waals surface area contributed by atoms with Crippen molar-refractivity contribution in [3.63, 3.8) is 0 Å². The highest BCUT2D eigenvalue weighted by molar-refractivity contribution is 5.85. The molecule has 0 radical (unpaired) electrons. The van der Waals surface area contributed by atoms with Gasteiger partial charge in [-0.25, -0.2) is 9.78 Å². The van der Waals surface area contributed by atoms with Gasteiger partial charge in [-0.15, -0.1) is 0 Å². The molecule has 0 saturated carbocycles. The van der Waals surface area contributed by atoms with Gasteiger partial charge in [0, 0.05) is 37.6 Å². The van der Waals surface area contributed by atoms with Gasteiger partial charge >= 0.3 is 6.09 Å². The molecule has 0 unspecified atom stereocenters. The minimum absolute atomic E-state index is 0.0873. The first-order valence-corrected chi connectivity index (χ1v) is 9.12. The zero-order valence-electron chi connectivity index (χ0n) is 15.7. The minimum atomic E-state index is -0.597. The lowest BCUT2D eigenvalue weighted by molar-refractivity contribution is -0.134. The predicted molar refractivity (Wildman–Crippen MR) is 99.1 cm³/mol. The van der Waals surface area contributed by atoms with Crippen LogP contribution in [-0.2, 0) is 16.1 Å². The Morgan fingerprint density at radius 1 is 1.26 bits per heavy atom. The Morgan fingerprint density at radius 2 is 2.04 bits per heavy atom. The van der Waals surface area contributed by atoms with Gasteiger partial charge in [0.05, 0.1) is 19.3 Å². The summed E-state index contributed by atoms with van der Waals surface area (Å²) in [4.78, 5) is 34.5. The molecular formula is C19H25N5O3. The van der Waals surface area contributed by atoms with E-state index in [1.165, 1.54) is 7.11 Å². The van der Waals surface area contributed by atoms with E-state index in [-0.39, 0.29) is 5.91 Å². The van der Waals surface area contributed by atoms with E-state index >= 15 is 0 Å². The number of ether oxygens (including phenoxy) is 1. The molecule has 1 aliphatic heterocycles. The number of hydrogen-bond acceptors (Lipinski definition) is 5. The van der Waals surface area contributed by atoms with Gasteiger partial charge < -0.3 is 19.5 Å². The molecule has 8 nitrogen and oxygen atoms in total. The van der Waals surface area contributed by atoms with Crippen molar-refractivity contribution in [2.24, 2.45) is 0 Å². The van der Waals surface area contributed by atoms with Crippen molar-refractivity contribution < 1.29 is 14.3 Å². The Labute approximate surface area is 158 Å². The molecule has 0 aromatic carbocycles. The number of imidazole rings is 1. The quantitative estimate of drug-likeness (QED) is 0.865. The molecular weight excluding hydrogens is 346 g/mol. The maximum atomic E-state index is 12.5. The van der Waals surface area contributed by atoms with E-state index in [0.29, 0.717) is 25.6 Å². The second-order valence-corrected chi connectivity index (χ2v) is 6.69. The highest BCUT2D eigenvalue weighted by Gasteiger charge is 2.29. The van der Waals surface area contributed by atoms with Crippen LogP contribution in [-0.4, -0.2) is 57.7 Å². The third-order valence-corrected chi connectivity index (χ3v) is 4.87. The first kappa shape index (κ1) is 18.9. The number of nitrogens with one attached hydrogen (secondary N) is 1. The molecule has 1 saturated heterocycles. The van der Waals surface area contributed by atoms with Gasteiger partial charge in [0.25, 0.3) is 0 Å². The molecule has 1 N–H and O–H groups in total. The lowest BCUT2D eigenvalue weighted by atomic mass is 9.95. The van der Waals surface area contributed by atoms with Crippen molar-refractivity contribution in [2.75, 3.05) is 20.2 Å². The summed E-state index contributed by atoms with van der Waals surface area (Å²) in [6, 6.07) is 5.29. The molecule has 8 heteroatoms. The molecule has 27 heavy (non-hydrogen) atoms. The molecule has 1 aliphatic rings. The van der Waals surface area contributed by atoms with Crippen molar-refractivity contribution in [3.8, 4) is 0 Å². The maximum absolute atomic E-state index is 12.5.